The number of halogens is 1. The van der Waals surface area contributed by atoms with Crippen molar-refractivity contribution < 1.29 is 4.39 Å². The number of benzene rings is 1. The zero-order valence-corrected chi connectivity index (χ0v) is 9.39. The van der Waals surface area contributed by atoms with Crippen LogP contribution in [0.4, 0.5) is 4.39 Å². The summed E-state index contributed by atoms with van der Waals surface area (Å²) in [7, 11) is 0. The van der Waals surface area contributed by atoms with Crippen LogP contribution < -0.4 is 5.32 Å². The summed E-state index contributed by atoms with van der Waals surface area (Å²) in [4.78, 5) is 0. The van der Waals surface area contributed by atoms with Crippen LogP contribution in [0.5, 0.6) is 0 Å². The lowest BCUT2D eigenvalue weighted by atomic mass is 10.1. The molecule has 0 radical (unpaired) electrons. The Labute approximate surface area is 91.0 Å². The van der Waals surface area contributed by atoms with Gasteiger partial charge in [-0.25, -0.2) is 4.39 Å². The molecule has 2 heteroatoms. The molecule has 1 aromatic rings. The highest BCUT2D eigenvalue weighted by atomic mass is 19.1. The van der Waals surface area contributed by atoms with Crippen LogP contribution in [0.15, 0.2) is 29.8 Å². The van der Waals surface area contributed by atoms with Gasteiger partial charge in [-0.05, 0) is 26.0 Å². The third-order valence-electron chi connectivity index (χ3n) is 2.14. The van der Waals surface area contributed by atoms with E-state index in [-0.39, 0.29) is 5.82 Å². The fourth-order valence-electron chi connectivity index (χ4n) is 1.37. The lowest BCUT2D eigenvalue weighted by Crippen LogP contribution is -2.16. The van der Waals surface area contributed by atoms with Crippen LogP contribution in [0.1, 0.15) is 25.8 Å². The molecule has 0 aromatic heterocycles. The Morgan fingerprint density at radius 1 is 1.40 bits per heavy atom. The van der Waals surface area contributed by atoms with Gasteiger partial charge in [-0.3, -0.25) is 0 Å². The molecule has 0 aliphatic heterocycles. The molecule has 0 saturated carbocycles. The molecule has 15 heavy (non-hydrogen) atoms. The Morgan fingerprint density at radius 2 is 2.13 bits per heavy atom. The van der Waals surface area contributed by atoms with Crippen molar-refractivity contribution in [2.75, 3.05) is 13.1 Å². The molecule has 0 saturated heterocycles. The average Bonchev–Trinajstić information content (AvgIpc) is 2.22. The molecule has 1 nitrogen and oxygen atoms in total. The minimum absolute atomic E-state index is 0.160. The maximum atomic E-state index is 13.3. The van der Waals surface area contributed by atoms with Crippen molar-refractivity contribution in [1.82, 2.24) is 5.32 Å². The Kier molecular flexibility index (Phi) is 5.05. The van der Waals surface area contributed by atoms with Crippen molar-refractivity contribution in [3.63, 3.8) is 0 Å². The van der Waals surface area contributed by atoms with Gasteiger partial charge in [0, 0.05) is 12.1 Å². The molecule has 1 rings (SSSR count). The molecule has 1 aromatic carbocycles. The first-order chi connectivity index (χ1) is 7.24. The highest BCUT2D eigenvalue weighted by molar-refractivity contribution is 5.53. The van der Waals surface area contributed by atoms with Gasteiger partial charge in [0.15, 0.2) is 0 Å². The van der Waals surface area contributed by atoms with E-state index in [1.807, 2.05) is 19.1 Å². The van der Waals surface area contributed by atoms with Crippen LogP contribution >= 0.6 is 0 Å². The zero-order chi connectivity index (χ0) is 11.1. The van der Waals surface area contributed by atoms with Crippen LogP contribution in [0.3, 0.4) is 0 Å². The number of hydrogen-bond donors (Lipinski definition) is 1. The summed E-state index contributed by atoms with van der Waals surface area (Å²) in [6.45, 7) is 5.96. The Hall–Kier alpha value is -1.15. The van der Waals surface area contributed by atoms with E-state index in [0.29, 0.717) is 5.56 Å². The first-order valence-electron chi connectivity index (χ1n) is 5.36. The third-order valence-corrected chi connectivity index (χ3v) is 2.14. The molecule has 0 heterocycles. The summed E-state index contributed by atoms with van der Waals surface area (Å²) in [6.07, 6.45) is 3.00. The smallest absolute Gasteiger partial charge is 0.130 e. The predicted molar refractivity (Wildman–Crippen MR) is 63.2 cm³/mol. The van der Waals surface area contributed by atoms with E-state index < -0.39 is 0 Å². The molecule has 0 atom stereocenters. The summed E-state index contributed by atoms with van der Waals surface area (Å²) in [6, 6.07) is 6.83. The molecule has 0 aliphatic rings. The Bertz CT molecular complexity index is 331. The molecular weight excluding hydrogens is 189 g/mol. The molecule has 0 spiro atoms. The van der Waals surface area contributed by atoms with Crippen LogP contribution in [0, 0.1) is 5.82 Å². The topological polar surface area (TPSA) is 12.0 Å². The number of hydrogen-bond acceptors (Lipinski definition) is 1. The lowest BCUT2D eigenvalue weighted by molar-refractivity contribution is 0.624. The SMILES string of the molecule is CCCNCC(C)=Cc1ccccc1F. The first-order valence-corrected chi connectivity index (χ1v) is 5.36. The van der Waals surface area contributed by atoms with Gasteiger partial charge in [0.25, 0.3) is 0 Å². The van der Waals surface area contributed by atoms with Crippen molar-refractivity contribution in [3.8, 4) is 0 Å². The monoisotopic (exact) mass is 207 g/mol. The van der Waals surface area contributed by atoms with E-state index in [9.17, 15) is 4.39 Å². The first kappa shape index (κ1) is 11.9. The van der Waals surface area contributed by atoms with E-state index in [0.717, 1.165) is 25.1 Å². The molecule has 0 bridgehead atoms. The maximum absolute atomic E-state index is 13.3. The molecule has 0 fully saturated rings. The number of nitrogens with one attached hydrogen (secondary N) is 1. The zero-order valence-electron chi connectivity index (χ0n) is 9.39. The summed E-state index contributed by atoms with van der Waals surface area (Å²) in [5.74, 6) is -0.160. The van der Waals surface area contributed by atoms with Crippen molar-refractivity contribution >= 4 is 6.08 Å². The van der Waals surface area contributed by atoms with Crippen LogP contribution in [-0.2, 0) is 0 Å². The molecule has 82 valence electrons. The van der Waals surface area contributed by atoms with Gasteiger partial charge in [0.1, 0.15) is 5.82 Å². The van der Waals surface area contributed by atoms with Gasteiger partial charge in [-0.15, -0.1) is 0 Å². The summed E-state index contributed by atoms with van der Waals surface area (Å²) < 4.78 is 13.3. The highest BCUT2D eigenvalue weighted by Crippen LogP contribution is 2.10. The van der Waals surface area contributed by atoms with Crippen LogP contribution in [0.2, 0.25) is 0 Å². The standard InChI is InChI=1S/C13H18FN/c1-3-8-15-10-11(2)9-12-6-4-5-7-13(12)14/h4-7,9,15H,3,8,10H2,1-2H3. The van der Waals surface area contributed by atoms with Crippen LogP contribution in [-0.4, -0.2) is 13.1 Å². The number of rotatable bonds is 5. The second kappa shape index (κ2) is 6.36. The summed E-state index contributed by atoms with van der Waals surface area (Å²) >= 11 is 0. The fourth-order valence-corrected chi connectivity index (χ4v) is 1.37. The summed E-state index contributed by atoms with van der Waals surface area (Å²) in [5.41, 5.74) is 1.81. The van der Waals surface area contributed by atoms with Crippen molar-refractivity contribution in [2.45, 2.75) is 20.3 Å². The Balaban J connectivity index is 2.58. The molecule has 1 N–H and O–H groups in total. The van der Waals surface area contributed by atoms with Gasteiger partial charge in [-0.2, -0.15) is 0 Å². The van der Waals surface area contributed by atoms with Gasteiger partial charge in [0.2, 0.25) is 0 Å². The molecule has 0 amide bonds. The van der Waals surface area contributed by atoms with Gasteiger partial charge < -0.3 is 5.32 Å². The van der Waals surface area contributed by atoms with Gasteiger partial charge in [0.05, 0.1) is 0 Å². The normalized spacial score (nSPS) is 11.8. The minimum atomic E-state index is -0.160. The van der Waals surface area contributed by atoms with Crippen molar-refractivity contribution in [2.24, 2.45) is 0 Å². The van der Waals surface area contributed by atoms with Crippen LogP contribution in [0.25, 0.3) is 6.08 Å². The lowest BCUT2D eigenvalue weighted by Gasteiger charge is -2.03. The molecule has 0 aliphatic carbocycles. The maximum Gasteiger partial charge on any atom is 0.130 e. The minimum Gasteiger partial charge on any atom is -0.313 e. The third kappa shape index (κ3) is 4.26. The highest BCUT2D eigenvalue weighted by Gasteiger charge is 1.97. The van der Waals surface area contributed by atoms with Gasteiger partial charge >= 0.3 is 0 Å². The Morgan fingerprint density at radius 3 is 2.80 bits per heavy atom. The van der Waals surface area contributed by atoms with E-state index >= 15 is 0 Å². The predicted octanol–water partition coefficient (Wildman–Crippen LogP) is 3.23. The van der Waals surface area contributed by atoms with E-state index in [1.54, 1.807) is 12.1 Å². The second-order valence-electron chi connectivity index (χ2n) is 3.69. The summed E-state index contributed by atoms with van der Waals surface area (Å²) in [5, 5.41) is 3.28. The van der Waals surface area contributed by atoms with Crippen molar-refractivity contribution in [3.05, 3.63) is 41.2 Å². The quantitative estimate of drug-likeness (QED) is 0.731. The van der Waals surface area contributed by atoms with Crippen molar-refractivity contribution in [1.29, 1.82) is 0 Å². The fraction of sp³-hybridized carbons (Fsp3) is 0.385. The average molecular weight is 207 g/mol. The van der Waals surface area contributed by atoms with Gasteiger partial charge in [-0.1, -0.05) is 36.8 Å². The second-order valence-corrected chi connectivity index (χ2v) is 3.69. The van der Waals surface area contributed by atoms with E-state index in [4.69, 9.17) is 0 Å². The molecular formula is C13H18FN. The van der Waals surface area contributed by atoms with E-state index in [2.05, 4.69) is 12.2 Å². The van der Waals surface area contributed by atoms with E-state index in [1.165, 1.54) is 6.07 Å². The molecule has 0 unspecified atom stereocenters. The largest absolute Gasteiger partial charge is 0.313 e.